The molecule has 2 saturated heterocycles. The Morgan fingerprint density at radius 1 is 1.10 bits per heavy atom. The van der Waals surface area contributed by atoms with Gasteiger partial charge in [-0.25, -0.2) is 9.78 Å². The molecule has 3 heterocycles. The topological polar surface area (TPSA) is 167 Å². The highest BCUT2D eigenvalue weighted by molar-refractivity contribution is 7.22. The van der Waals surface area contributed by atoms with E-state index in [0.29, 0.717) is 28.7 Å². The van der Waals surface area contributed by atoms with Crippen molar-refractivity contribution in [2.24, 2.45) is 0 Å². The van der Waals surface area contributed by atoms with Gasteiger partial charge in [0.2, 0.25) is 11.8 Å². The fourth-order valence-electron chi connectivity index (χ4n) is 6.51. The number of nitrogens with one attached hydrogen (secondary N) is 1. The first-order chi connectivity index (χ1) is 24.0. The zero-order chi connectivity index (χ0) is 35.5. The molecule has 2 atom stereocenters. The van der Waals surface area contributed by atoms with Crippen molar-refractivity contribution in [3.63, 3.8) is 0 Å². The van der Waals surface area contributed by atoms with Gasteiger partial charge < -0.3 is 31.3 Å². The van der Waals surface area contributed by atoms with Crippen LogP contribution in [0.3, 0.4) is 0 Å². The van der Waals surface area contributed by atoms with Crippen molar-refractivity contribution in [2.75, 3.05) is 31.2 Å². The molecule has 2 aliphatic heterocycles. The summed E-state index contributed by atoms with van der Waals surface area (Å²) in [6, 6.07) is 18.9. The van der Waals surface area contributed by atoms with Crippen LogP contribution in [0.2, 0.25) is 0 Å². The van der Waals surface area contributed by atoms with E-state index in [4.69, 9.17) is 16.2 Å². The van der Waals surface area contributed by atoms with E-state index in [1.54, 1.807) is 38.0 Å². The van der Waals surface area contributed by atoms with Crippen LogP contribution >= 0.6 is 11.3 Å². The summed E-state index contributed by atoms with van der Waals surface area (Å²) in [6.07, 6.45) is 0.714. The van der Waals surface area contributed by atoms with E-state index in [1.165, 1.54) is 17.4 Å². The normalized spacial score (nSPS) is 17.7. The molecule has 4 aromatic rings. The number of nitrogens with two attached hydrogens (primary N) is 2. The third kappa shape index (κ3) is 7.12. The van der Waals surface area contributed by atoms with Gasteiger partial charge in [0.1, 0.15) is 18.0 Å². The van der Waals surface area contributed by atoms with Gasteiger partial charge in [0.25, 0.3) is 0 Å². The lowest BCUT2D eigenvalue weighted by Crippen LogP contribution is -2.66. The average Bonchev–Trinajstić information content (AvgIpc) is 3.64. The van der Waals surface area contributed by atoms with Gasteiger partial charge in [-0.2, -0.15) is 5.01 Å². The number of benzene rings is 3. The Kier molecular flexibility index (Phi) is 10.0. The molecule has 2 fully saturated rings. The van der Waals surface area contributed by atoms with Gasteiger partial charge >= 0.3 is 6.03 Å². The largest absolute Gasteiger partial charge is 0.483 e. The number of ketones is 1. The number of para-hydroxylation sites is 1. The number of urea groups is 1. The number of carbonyl (C=O) groups excluding carboxylic acids is 4. The van der Waals surface area contributed by atoms with Crippen LogP contribution in [0.4, 0.5) is 15.6 Å². The third-order valence-electron chi connectivity index (χ3n) is 8.81. The summed E-state index contributed by atoms with van der Waals surface area (Å²) in [5.41, 5.74) is 15.8. The monoisotopic (exact) mass is 696 g/mol. The zero-order valence-electron chi connectivity index (χ0n) is 28.0. The summed E-state index contributed by atoms with van der Waals surface area (Å²) >= 11 is 1.37. The molecule has 1 aromatic heterocycles. The molecular weight excluding hydrogens is 657 g/mol. The second-order valence-electron chi connectivity index (χ2n) is 12.5. The Bertz CT molecular complexity index is 1930. The molecule has 0 aliphatic carbocycles. The second-order valence-corrected chi connectivity index (χ2v) is 13.6. The fourth-order valence-corrected chi connectivity index (χ4v) is 7.29. The molecule has 4 amide bonds. The molecule has 6 rings (SSSR count). The van der Waals surface area contributed by atoms with Crippen LogP contribution < -0.4 is 21.5 Å². The van der Waals surface area contributed by atoms with Crippen LogP contribution in [0.15, 0.2) is 79.4 Å². The maximum Gasteiger partial charge on any atom is 0.332 e. The lowest BCUT2D eigenvalue weighted by Gasteiger charge is -2.47. The van der Waals surface area contributed by atoms with E-state index in [1.807, 2.05) is 62.4 Å². The first-order valence-electron chi connectivity index (χ1n) is 16.3. The highest BCUT2D eigenvalue weighted by Gasteiger charge is 2.52. The van der Waals surface area contributed by atoms with E-state index in [-0.39, 0.29) is 62.3 Å². The molecule has 13 nitrogen and oxygen atoms in total. The Labute approximate surface area is 294 Å². The lowest BCUT2D eigenvalue weighted by atomic mass is 9.99. The van der Waals surface area contributed by atoms with Gasteiger partial charge in [-0.15, -0.1) is 0 Å². The molecule has 0 unspecified atom stereocenters. The number of amides is 4. The molecule has 0 spiro atoms. The molecule has 5 N–H and O–H groups in total. The smallest absolute Gasteiger partial charge is 0.332 e. The van der Waals surface area contributed by atoms with Gasteiger partial charge in [0.05, 0.1) is 29.0 Å². The van der Waals surface area contributed by atoms with Gasteiger partial charge in [0.15, 0.2) is 17.5 Å². The summed E-state index contributed by atoms with van der Waals surface area (Å²) in [6.45, 7) is 7.66. The van der Waals surface area contributed by atoms with Crippen LogP contribution in [0.25, 0.3) is 10.2 Å². The number of carbonyl (C=O) groups is 4. The predicted molar refractivity (Wildman–Crippen MR) is 191 cm³/mol. The molecule has 2 aliphatic rings. The van der Waals surface area contributed by atoms with Crippen molar-refractivity contribution in [3.05, 3.63) is 96.1 Å². The number of aromatic nitrogens is 1. The molecule has 3 aromatic carbocycles. The Morgan fingerprint density at radius 2 is 1.88 bits per heavy atom. The number of hydrogen-bond donors (Lipinski definition) is 3. The number of hydrogen-bond acceptors (Lipinski definition) is 10. The number of anilines is 2. The van der Waals surface area contributed by atoms with Crippen molar-refractivity contribution in [2.45, 2.75) is 51.6 Å². The molecule has 50 heavy (non-hydrogen) atoms. The number of rotatable bonds is 12. The summed E-state index contributed by atoms with van der Waals surface area (Å²) in [5, 5.41) is 6.77. The van der Waals surface area contributed by atoms with E-state index in [9.17, 15) is 19.2 Å². The van der Waals surface area contributed by atoms with E-state index in [2.05, 4.69) is 16.9 Å². The van der Waals surface area contributed by atoms with Crippen LogP contribution in [-0.4, -0.2) is 86.4 Å². The van der Waals surface area contributed by atoms with Crippen molar-refractivity contribution in [1.29, 1.82) is 0 Å². The standard InChI is InChI=1S/C36H40N8O5S/c1-4-26(45)21-49-29-14-13-24(15-27(29)37)16-28-34(47)41(18-25-11-8-12-30-33(25)40-35(38)50-30)19-31-42(20-32(46)43(28)31)44(22(2)3)36(48)39-17-23-9-6-5-7-10-23/h4-15,22,28,31H,1,16-21,37H2,2-3H3,(H2,38,40)(H,39,48)/t28-,31+/m0/s1. The SMILES string of the molecule is C=CC(=O)COc1ccc(C[C@H]2C(=O)N(Cc3cccc4sc(N)nc34)C[C@H]3N2C(=O)CN3N(C(=O)NCc2ccccc2)C(C)C)cc1N. The predicted octanol–water partition coefficient (Wildman–Crippen LogP) is 3.55. The Hall–Kier alpha value is -5.47. The van der Waals surface area contributed by atoms with Gasteiger partial charge in [-0.3, -0.25) is 19.4 Å². The molecular formula is C36H40N8O5S. The number of hydrazine groups is 1. The van der Waals surface area contributed by atoms with Crippen LogP contribution in [0.5, 0.6) is 5.75 Å². The highest BCUT2D eigenvalue weighted by atomic mass is 32.1. The third-order valence-corrected chi connectivity index (χ3v) is 9.66. The molecule has 0 bridgehead atoms. The summed E-state index contributed by atoms with van der Waals surface area (Å²) in [4.78, 5) is 61.6. The van der Waals surface area contributed by atoms with E-state index >= 15 is 0 Å². The minimum atomic E-state index is -0.888. The second kappa shape index (κ2) is 14.6. The summed E-state index contributed by atoms with van der Waals surface area (Å²) in [7, 11) is 0. The summed E-state index contributed by atoms with van der Waals surface area (Å²) in [5.74, 6) is -0.465. The first kappa shape index (κ1) is 34.4. The minimum Gasteiger partial charge on any atom is -0.483 e. The van der Waals surface area contributed by atoms with Gasteiger partial charge in [0, 0.05) is 25.6 Å². The van der Waals surface area contributed by atoms with Crippen molar-refractivity contribution < 1.29 is 23.9 Å². The maximum atomic E-state index is 14.4. The minimum absolute atomic E-state index is 0.0797. The summed E-state index contributed by atoms with van der Waals surface area (Å²) < 4.78 is 6.46. The Morgan fingerprint density at radius 3 is 2.60 bits per heavy atom. The number of ether oxygens (including phenoxy) is 1. The van der Waals surface area contributed by atoms with Crippen LogP contribution in [-0.2, 0) is 33.9 Å². The van der Waals surface area contributed by atoms with E-state index < -0.39 is 12.2 Å². The molecule has 0 saturated carbocycles. The quantitative estimate of drug-likeness (QED) is 0.148. The van der Waals surface area contributed by atoms with E-state index in [0.717, 1.165) is 21.3 Å². The first-order valence-corrected chi connectivity index (χ1v) is 17.1. The van der Waals surface area contributed by atoms with Gasteiger partial charge in [-0.05, 0) is 54.8 Å². The fraction of sp³-hybridized carbons (Fsp3) is 0.306. The van der Waals surface area contributed by atoms with Crippen molar-refractivity contribution >= 4 is 56.0 Å². The molecule has 14 heteroatoms. The van der Waals surface area contributed by atoms with Crippen molar-refractivity contribution in [1.82, 2.24) is 30.1 Å². The van der Waals surface area contributed by atoms with Crippen LogP contribution in [0, 0.1) is 0 Å². The zero-order valence-corrected chi connectivity index (χ0v) is 28.8. The van der Waals surface area contributed by atoms with Gasteiger partial charge in [-0.1, -0.05) is 66.4 Å². The lowest BCUT2D eigenvalue weighted by molar-refractivity contribution is -0.158. The number of nitrogen functional groups attached to an aromatic ring is 2. The maximum absolute atomic E-state index is 14.4. The molecule has 0 radical (unpaired) electrons. The highest BCUT2D eigenvalue weighted by Crippen LogP contribution is 2.33. The number of piperazine rings is 1. The number of nitrogens with zero attached hydrogens (tertiary/aromatic N) is 5. The van der Waals surface area contributed by atoms with Crippen LogP contribution in [0.1, 0.15) is 30.5 Å². The average molecular weight is 697 g/mol. The van der Waals surface area contributed by atoms with Crippen molar-refractivity contribution in [3.8, 4) is 5.75 Å². The Balaban J connectivity index is 1.31. The molecule has 260 valence electrons. The number of fused-ring (bicyclic) bond motifs is 2. The number of thiazole rings is 1.